The molecule has 0 radical (unpaired) electrons. The monoisotopic (exact) mass is 674 g/mol. The molecule has 4 rings (SSSR count). The second kappa shape index (κ2) is 13.1. The Labute approximate surface area is 247 Å². The van der Waals surface area contributed by atoms with E-state index < -0.39 is 17.8 Å². The summed E-state index contributed by atoms with van der Waals surface area (Å²) >= 11 is 6.87. The average molecular weight is 676 g/mol. The molecule has 0 saturated carbocycles. The van der Waals surface area contributed by atoms with Crippen molar-refractivity contribution >= 4 is 55.8 Å². The number of benzene rings is 3. The minimum atomic E-state index is -0.823. The van der Waals surface area contributed by atoms with Gasteiger partial charge in [0.15, 0.2) is 11.5 Å². The van der Waals surface area contributed by atoms with Crippen LogP contribution < -0.4 is 19.5 Å². The maximum Gasteiger partial charge on any atom is 0.331 e. The fourth-order valence-corrected chi connectivity index (χ4v) is 5.35. The molecule has 4 amide bonds. The van der Waals surface area contributed by atoms with Crippen LogP contribution >= 0.6 is 31.9 Å². The number of hydrogen-bond acceptors (Lipinski definition) is 6. The van der Waals surface area contributed by atoms with Crippen molar-refractivity contribution in [2.75, 3.05) is 13.7 Å². The normalized spacial score (nSPS) is 14.4. The molecule has 0 bridgehead atoms. The highest BCUT2D eigenvalue weighted by atomic mass is 79.9. The molecule has 0 spiro atoms. The lowest BCUT2D eigenvalue weighted by atomic mass is 10.1. The number of rotatable bonds is 10. The molecule has 1 fully saturated rings. The van der Waals surface area contributed by atoms with E-state index >= 15 is 0 Å². The highest BCUT2D eigenvalue weighted by molar-refractivity contribution is 9.11. The van der Waals surface area contributed by atoms with E-state index in [0.717, 1.165) is 11.3 Å². The predicted molar refractivity (Wildman–Crippen MR) is 153 cm³/mol. The van der Waals surface area contributed by atoms with Crippen molar-refractivity contribution in [2.24, 2.45) is 0 Å². The fourth-order valence-electron chi connectivity index (χ4n) is 3.89. The van der Waals surface area contributed by atoms with Crippen LogP contribution in [0, 0.1) is 5.82 Å². The molecule has 1 N–H and O–H groups in total. The smallest absolute Gasteiger partial charge is 0.331 e. The van der Waals surface area contributed by atoms with E-state index in [0.29, 0.717) is 49.5 Å². The second-order valence-electron chi connectivity index (χ2n) is 8.74. The summed E-state index contributed by atoms with van der Waals surface area (Å²) in [6, 6.07) is 13.9. The van der Waals surface area contributed by atoms with E-state index in [1.165, 1.54) is 19.3 Å². The molecule has 1 heterocycles. The Hall–Kier alpha value is -3.70. The Morgan fingerprint density at radius 3 is 2.38 bits per heavy atom. The van der Waals surface area contributed by atoms with Crippen LogP contribution in [-0.4, -0.2) is 36.5 Å². The van der Waals surface area contributed by atoms with E-state index in [2.05, 4.69) is 37.2 Å². The highest BCUT2D eigenvalue weighted by Crippen LogP contribution is 2.36. The third-order valence-corrected chi connectivity index (χ3v) is 7.06. The number of urea groups is 1. The molecule has 208 valence electrons. The van der Waals surface area contributed by atoms with Gasteiger partial charge in [0.25, 0.3) is 11.8 Å². The third-order valence-electron chi connectivity index (χ3n) is 5.88. The molecule has 0 aliphatic carbocycles. The van der Waals surface area contributed by atoms with Gasteiger partial charge in [-0.3, -0.25) is 19.8 Å². The average Bonchev–Trinajstić information content (AvgIpc) is 2.93. The lowest BCUT2D eigenvalue weighted by Crippen LogP contribution is -2.53. The van der Waals surface area contributed by atoms with Gasteiger partial charge in [0.1, 0.15) is 23.7 Å². The fraction of sp³-hybridized carbons (Fsp3) is 0.207. The largest absolute Gasteiger partial charge is 0.493 e. The summed E-state index contributed by atoms with van der Waals surface area (Å²) in [6.45, 7) is 2.42. The van der Waals surface area contributed by atoms with Gasteiger partial charge in [-0.05, 0) is 85.8 Å². The minimum absolute atomic E-state index is 0.00122. The van der Waals surface area contributed by atoms with Crippen LogP contribution in [0.3, 0.4) is 0 Å². The van der Waals surface area contributed by atoms with Crippen molar-refractivity contribution < 1.29 is 33.0 Å². The number of amides is 4. The SMILES string of the molecule is CCCOc1ccc(CN2C(=O)NC(=O)/C(=C\c3cc(Br)c(OCc4ccccc4F)c(Br)c3)C2=O)cc1OC. The van der Waals surface area contributed by atoms with E-state index in [1.54, 1.807) is 48.5 Å². The van der Waals surface area contributed by atoms with Crippen LogP contribution in [0.5, 0.6) is 17.2 Å². The van der Waals surface area contributed by atoms with Gasteiger partial charge in [-0.25, -0.2) is 9.18 Å². The first-order valence-electron chi connectivity index (χ1n) is 12.3. The summed E-state index contributed by atoms with van der Waals surface area (Å²) in [5, 5.41) is 2.22. The van der Waals surface area contributed by atoms with E-state index in [-0.39, 0.29) is 24.5 Å². The Morgan fingerprint density at radius 2 is 1.70 bits per heavy atom. The Kier molecular flexibility index (Phi) is 9.59. The first-order chi connectivity index (χ1) is 19.2. The number of nitrogens with one attached hydrogen (secondary N) is 1. The summed E-state index contributed by atoms with van der Waals surface area (Å²) < 4.78 is 31.8. The molecular formula is C29H25Br2FN2O6. The van der Waals surface area contributed by atoms with Gasteiger partial charge >= 0.3 is 6.03 Å². The lowest BCUT2D eigenvalue weighted by Gasteiger charge is -2.26. The summed E-state index contributed by atoms with van der Waals surface area (Å²) in [5.74, 6) is -0.492. The predicted octanol–water partition coefficient (Wildman–Crippen LogP) is 6.39. The molecule has 3 aromatic carbocycles. The molecule has 1 aliphatic heterocycles. The summed E-state index contributed by atoms with van der Waals surface area (Å²) in [6.07, 6.45) is 2.21. The van der Waals surface area contributed by atoms with Crippen LogP contribution in [0.4, 0.5) is 9.18 Å². The highest BCUT2D eigenvalue weighted by Gasteiger charge is 2.36. The minimum Gasteiger partial charge on any atom is -0.493 e. The molecule has 1 aliphatic rings. The number of barbiturate groups is 1. The number of methoxy groups -OCH3 is 1. The van der Waals surface area contributed by atoms with E-state index in [1.807, 2.05) is 6.92 Å². The molecule has 0 aromatic heterocycles. The number of halogens is 3. The molecule has 0 unspecified atom stereocenters. The Bertz CT molecular complexity index is 1470. The van der Waals surface area contributed by atoms with Gasteiger partial charge < -0.3 is 14.2 Å². The van der Waals surface area contributed by atoms with Crippen molar-refractivity contribution in [3.8, 4) is 17.2 Å². The van der Waals surface area contributed by atoms with Crippen LogP contribution in [0.1, 0.15) is 30.0 Å². The Balaban J connectivity index is 1.55. The number of carbonyl (C=O) groups excluding carboxylic acids is 3. The second-order valence-corrected chi connectivity index (χ2v) is 10.4. The lowest BCUT2D eigenvalue weighted by molar-refractivity contribution is -0.130. The first-order valence-corrected chi connectivity index (χ1v) is 13.8. The molecule has 3 aromatic rings. The van der Waals surface area contributed by atoms with Crippen LogP contribution in [-0.2, 0) is 22.7 Å². The van der Waals surface area contributed by atoms with Gasteiger partial charge in [-0.1, -0.05) is 31.2 Å². The van der Waals surface area contributed by atoms with Gasteiger partial charge in [-0.2, -0.15) is 0 Å². The number of carbonyl (C=O) groups is 3. The zero-order valence-corrected chi connectivity index (χ0v) is 24.8. The van der Waals surface area contributed by atoms with Crippen molar-refractivity contribution in [3.05, 3.63) is 91.6 Å². The molecule has 40 heavy (non-hydrogen) atoms. The zero-order chi connectivity index (χ0) is 28.8. The molecule has 11 heteroatoms. The first kappa shape index (κ1) is 29.3. The van der Waals surface area contributed by atoms with Crippen LogP contribution in [0.15, 0.2) is 69.1 Å². The molecule has 1 saturated heterocycles. The van der Waals surface area contributed by atoms with Gasteiger partial charge in [0, 0.05) is 5.56 Å². The molecular weight excluding hydrogens is 651 g/mol. The number of imide groups is 2. The summed E-state index contributed by atoms with van der Waals surface area (Å²) in [4.78, 5) is 39.4. The number of ether oxygens (including phenoxy) is 3. The topological polar surface area (TPSA) is 94.2 Å². The number of nitrogens with zero attached hydrogens (tertiary/aromatic N) is 1. The molecule has 8 nitrogen and oxygen atoms in total. The summed E-state index contributed by atoms with van der Waals surface area (Å²) in [7, 11) is 1.50. The third kappa shape index (κ3) is 6.71. The maximum absolute atomic E-state index is 14.0. The van der Waals surface area contributed by atoms with Crippen molar-refractivity contribution in [1.29, 1.82) is 0 Å². The van der Waals surface area contributed by atoms with Gasteiger partial charge in [0.05, 0.1) is 29.2 Å². The van der Waals surface area contributed by atoms with Gasteiger partial charge in [-0.15, -0.1) is 0 Å². The van der Waals surface area contributed by atoms with Gasteiger partial charge in [0.2, 0.25) is 0 Å². The van der Waals surface area contributed by atoms with Crippen molar-refractivity contribution in [3.63, 3.8) is 0 Å². The van der Waals surface area contributed by atoms with Crippen molar-refractivity contribution in [2.45, 2.75) is 26.5 Å². The number of hydrogen-bond donors (Lipinski definition) is 1. The quantitative estimate of drug-likeness (QED) is 0.198. The maximum atomic E-state index is 14.0. The zero-order valence-electron chi connectivity index (χ0n) is 21.6. The summed E-state index contributed by atoms with van der Waals surface area (Å²) in [5.41, 5.74) is 1.28. The van der Waals surface area contributed by atoms with E-state index in [4.69, 9.17) is 14.2 Å². The van der Waals surface area contributed by atoms with Crippen molar-refractivity contribution in [1.82, 2.24) is 10.2 Å². The molecule has 0 atom stereocenters. The van der Waals surface area contributed by atoms with E-state index in [9.17, 15) is 18.8 Å². The standard InChI is InChI=1S/C29H25Br2FN2O6/c1-3-10-39-24-9-8-17(14-25(24)38-2)15-34-28(36)20(27(35)33-29(34)37)11-18-12-21(30)26(22(31)13-18)40-16-19-6-4-5-7-23(19)32/h4-9,11-14H,3,10,15-16H2,1-2H3,(H,33,35,37)/b20-11+. The van der Waals surface area contributed by atoms with Crippen LogP contribution in [0.2, 0.25) is 0 Å². The Morgan fingerprint density at radius 1 is 0.975 bits per heavy atom. The van der Waals surface area contributed by atoms with Crippen LogP contribution in [0.25, 0.3) is 6.08 Å².